The number of ether oxygens (including phenoxy) is 2. The number of pyridine rings is 1. The van der Waals surface area contributed by atoms with Gasteiger partial charge in [0.1, 0.15) is 23.5 Å². The van der Waals surface area contributed by atoms with E-state index >= 15 is 0 Å². The number of alkyl carbamates (subject to hydrolysis) is 1. The summed E-state index contributed by atoms with van der Waals surface area (Å²) in [5.41, 5.74) is 10.6. The molecule has 2 aromatic heterocycles. The van der Waals surface area contributed by atoms with Crippen molar-refractivity contribution in [3.05, 3.63) is 65.5 Å². The van der Waals surface area contributed by atoms with E-state index in [4.69, 9.17) is 25.2 Å². The van der Waals surface area contributed by atoms with E-state index in [0.29, 0.717) is 37.6 Å². The molecule has 0 aliphatic carbocycles. The third kappa shape index (κ3) is 8.17. The van der Waals surface area contributed by atoms with Gasteiger partial charge in [-0.3, -0.25) is 0 Å². The summed E-state index contributed by atoms with van der Waals surface area (Å²) in [6, 6.07) is 16.8. The number of nitrogen functional groups attached to an aromatic ring is 1. The molecular formula is C32H44N6O3. The standard InChI is InChI=1S/C32H44N6O3/c1-7-40-20-26-37-27-28(38(26)21-32(5,6)35-17-11-16-34-30(39)41-31(2,3)4)24-15-14-23(19-25(24)36-29(27)33)18-22-12-9-8-10-13-22/h8-10,12-15,19,35H,7,11,16-18,20-21H2,1-6H3,(H2,33,36)(H,34,39). The van der Waals surface area contributed by atoms with Crippen LogP contribution < -0.4 is 16.4 Å². The second kappa shape index (κ2) is 12.9. The van der Waals surface area contributed by atoms with Crippen LogP contribution in [0.2, 0.25) is 0 Å². The number of hydrogen-bond donors (Lipinski definition) is 3. The minimum atomic E-state index is -0.510. The topological polar surface area (TPSA) is 116 Å². The van der Waals surface area contributed by atoms with E-state index in [-0.39, 0.29) is 5.54 Å². The molecule has 0 aliphatic rings. The molecule has 0 fully saturated rings. The molecule has 0 saturated carbocycles. The second-order valence-electron chi connectivity index (χ2n) is 12.1. The first-order valence-electron chi connectivity index (χ1n) is 14.4. The Morgan fingerprint density at radius 1 is 1.00 bits per heavy atom. The lowest BCUT2D eigenvalue weighted by Crippen LogP contribution is -2.44. The maximum atomic E-state index is 11.9. The molecule has 0 unspecified atom stereocenters. The largest absolute Gasteiger partial charge is 0.444 e. The first-order chi connectivity index (χ1) is 19.5. The first kappa shape index (κ1) is 30.3. The molecule has 0 bridgehead atoms. The Kier molecular flexibility index (Phi) is 9.50. The third-order valence-corrected chi connectivity index (χ3v) is 6.71. The van der Waals surface area contributed by atoms with Crippen molar-refractivity contribution in [2.45, 2.75) is 78.7 Å². The number of imidazole rings is 1. The van der Waals surface area contributed by atoms with Crippen molar-refractivity contribution in [2.24, 2.45) is 0 Å². The van der Waals surface area contributed by atoms with Gasteiger partial charge in [0, 0.05) is 30.6 Å². The number of nitrogens with one attached hydrogen (secondary N) is 2. The Labute approximate surface area is 242 Å². The maximum Gasteiger partial charge on any atom is 0.407 e. The fourth-order valence-corrected chi connectivity index (χ4v) is 4.89. The Morgan fingerprint density at radius 3 is 2.46 bits per heavy atom. The van der Waals surface area contributed by atoms with Gasteiger partial charge in [-0.15, -0.1) is 0 Å². The van der Waals surface area contributed by atoms with Crippen LogP contribution in [0.5, 0.6) is 0 Å². The average molecular weight is 561 g/mol. The molecule has 0 radical (unpaired) electrons. The van der Waals surface area contributed by atoms with Crippen LogP contribution in [0.1, 0.15) is 64.9 Å². The Balaban J connectivity index is 1.56. The zero-order valence-corrected chi connectivity index (χ0v) is 25.2. The molecule has 2 aromatic carbocycles. The van der Waals surface area contributed by atoms with Gasteiger partial charge in [0.15, 0.2) is 5.82 Å². The molecule has 4 rings (SSSR count). The van der Waals surface area contributed by atoms with Gasteiger partial charge in [-0.05, 0) is 78.1 Å². The second-order valence-corrected chi connectivity index (χ2v) is 12.1. The van der Waals surface area contributed by atoms with Crippen molar-refractivity contribution in [1.29, 1.82) is 0 Å². The van der Waals surface area contributed by atoms with Crippen molar-refractivity contribution >= 4 is 33.8 Å². The van der Waals surface area contributed by atoms with Crippen LogP contribution in [0.3, 0.4) is 0 Å². The number of carbonyl (C=O) groups excluding carboxylic acids is 1. The number of rotatable bonds is 12. The summed E-state index contributed by atoms with van der Waals surface area (Å²) in [7, 11) is 0. The fraction of sp³-hybridized carbons (Fsp3) is 0.469. The van der Waals surface area contributed by atoms with Crippen LogP contribution >= 0.6 is 0 Å². The van der Waals surface area contributed by atoms with Crippen LogP contribution in [0.25, 0.3) is 21.9 Å². The molecule has 220 valence electrons. The van der Waals surface area contributed by atoms with Gasteiger partial charge in [0.25, 0.3) is 0 Å². The van der Waals surface area contributed by atoms with E-state index < -0.39 is 11.7 Å². The molecule has 41 heavy (non-hydrogen) atoms. The van der Waals surface area contributed by atoms with Gasteiger partial charge in [-0.1, -0.05) is 42.5 Å². The number of nitrogens with zero attached hydrogens (tertiary/aromatic N) is 3. The number of fused-ring (bicyclic) bond motifs is 3. The summed E-state index contributed by atoms with van der Waals surface area (Å²) < 4.78 is 13.3. The lowest BCUT2D eigenvalue weighted by molar-refractivity contribution is 0.0527. The quantitative estimate of drug-likeness (QED) is 0.194. The minimum Gasteiger partial charge on any atom is -0.444 e. The summed E-state index contributed by atoms with van der Waals surface area (Å²) >= 11 is 0. The SMILES string of the molecule is CCOCc1nc2c(N)nc3cc(Cc4ccccc4)ccc3c2n1CC(C)(C)NCCCNC(=O)OC(C)(C)C. The summed E-state index contributed by atoms with van der Waals surface area (Å²) in [5, 5.41) is 7.47. The van der Waals surface area contributed by atoms with Crippen LogP contribution in [0.4, 0.5) is 10.6 Å². The van der Waals surface area contributed by atoms with Gasteiger partial charge < -0.3 is 30.4 Å². The maximum absolute atomic E-state index is 11.9. The number of nitrogens with two attached hydrogens (primary N) is 1. The predicted molar refractivity (Wildman–Crippen MR) is 165 cm³/mol. The number of aromatic nitrogens is 3. The van der Waals surface area contributed by atoms with Crippen molar-refractivity contribution in [1.82, 2.24) is 25.2 Å². The van der Waals surface area contributed by atoms with Gasteiger partial charge in [-0.25, -0.2) is 14.8 Å². The van der Waals surface area contributed by atoms with Crippen LogP contribution in [-0.2, 0) is 29.0 Å². The molecule has 4 N–H and O–H groups in total. The van der Waals surface area contributed by atoms with Gasteiger partial charge >= 0.3 is 6.09 Å². The Morgan fingerprint density at radius 2 is 1.76 bits per heavy atom. The molecule has 9 heteroatoms. The zero-order chi connectivity index (χ0) is 29.6. The molecule has 0 aliphatic heterocycles. The Bertz CT molecular complexity index is 1470. The summed E-state index contributed by atoms with van der Waals surface area (Å²) in [6.07, 6.45) is 1.20. The molecule has 9 nitrogen and oxygen atoms in total. The highest BCUT2D eigenvalue weighted by Crippen LogP contribution is 2.31. The highest BCUT2D eigenvalue weighted by atomic mass is 16.6. The Hall–Kier alpha value is -3.69. The van der Waals surface area contributed by atoms with Crippen molar-refractivity contribution < 1.29 is 14.3 Å². The highest BCUT2D eigenvalue weighted by Gasteiger charge is 2.24. The summed E-state index contributed by atoms with van der Waals surface area (Å²) in [5.74, 6) is 1.23. The van der Waals surface area contributed by atoms with Crippen LogP contribution in [0.15, 0.2) is 48.5 Å². The smallest absolute Gasteiger partial charge is 0.407 e. The van der Waals surface area contributed by atoms with Gasteiger partial charge in [-0.2, -0.15) is 0 Å². The number of amides is 1. The molecular weight excluding hydrogens is 516 g/mol. The van der Waals surface area contributed by atoms with Crippen molar-refractivity contribution in [3.63, 3.8) is 0 Å². The molecule has 1 amide bonds. The molecule has 0 atom stereocenters. The predicted octanol–water partition coefficient (Wildman–Crippen LogP) is 5.58. The monoisotopic (exact) mass is 560 g/mol. The number of benzene rings is 2. The third-order valence-electron chi connectivity index (χ3n) is 6.71. The van der Waals surface area contributed by atoms with Crippen LogP contribution in [-0.4, -0.2) is 51.5 Å². The number of hydrogen-bond acceptors (Lipinski definition) is 7. The van der Waals surface area contributed by atoms with E-state index in [1.807, 2.05) is 33.8 Å². The molecule has 4 aromatic rings. The molecule has 0 spiro atoms. The normalized spacial score (nSPS) is 12.2. The first-order valence-corrected chi connectivity index (χ1v) is 14.4. The summed E-state index contributed by atoms with van der Waals surface area (Å²) in [6.45, 7) is 14.7. The zero-order valence-electron chi connectivity index (χ0n) is 25.2. The summed E-state index contributed by atoms with van der Waals surface area (Å²) in [4.78, 5) is 21.6. The van der Waals surface area contributed by atoms with Crippen molar-refractivity contribution in [2.75, 3.05) is 25.4 Å². The van der Waals surface area contributed by atoms with E-state index in [9.17, 15) is 4.79 Å². The van der Waals surface area contributed by atoms with Gasteiger partial charge in [0.05, 0.1) is 11.0 Å². The van der Waals surface area contributed by atoms with E-state index in [1.54, 1.807) is 0 Å². The number of anilines is 1. The van der Waals surface area contributed by atoms with Crippen LogP contribution in [0, 0.1) is 0 Å². The highest BCUT2D eigenvalue weighted by molar-refractivity contribution is 6.06. The van der Waals surface area contributed by atoms with E-state index in [0.717, 1.165) is 41.6 Å². The van der Waals surface area contributed by atoms with E-state index in [2.05, 4.69) is 71.5 Å². The molecule has 0 saturated heterocycles. The lowest BCUT2D eigenvalue weighted by atomic mass is 10.0. The van der Waals surface area contributed by atoms with E-state index in [1.165, 1.54) is 11.1 Å². The fourth-order valence-electron chi connectivity index (χ4n) is 4.89. The average Bonchev–Trinajstić information content (AvgIpc) is 3.24. The van der Waals surface area contributed by atoms with Gasteiger partial charge in [0.2, 0.25) is 0 Å². The van der Waals surface area contributed by atoms with Crippen molar-refractivity contribution in [3.8, 4) is 0 Å². The number of carbonyl (C=O) groups is 1. The minimum absolute atomic E-state index is 0.280. The lowest BCUT2D eigenvalue weighted by Gasteiger charge is -2.28. The molecule has 2 heterocycles.